The summed E-state index contributed by atoms with van der Waals surface area (Å²) >= 11 is 0. The van der Waals surface area contributed by atoms with E-state index in [2.05, 4.69) is 0 Å². The van der Waals surface area contributed by atoms with E-state index in [-0.39, 0.29) is 5.92 Å². The number of fused-ring (bicyclic) bond motifs is 1. The number of amides is 2. The lowest BCUT2D eigenvalue weighted by molar-refractivity contribution is -0.170. The first-order chi connectivity index (χ1) is 10.7. The van der Waals surface area contributed by atoms with Gasteiger partial charge in [0.25, 0.3) is 11.8 Å². The lowest BCUT2D eigenvalue weighted by atomic mass is 10.0. The predicted molar refractivity (Wildman–Crippen MR) is 76.6 cm³/mol. The van der Waals surface area contributed by atoms with Gasteiger partial charge in [-0.25, -0.2) is 4.79 Å². The minimum absolute atomic E-state index is 0.146. The van der Waals surface area contributed by atoms with E-state index in [1.54, 1.807) is 24.3 Å². The minimum Gasteiger partial charge on any atom is -0.329 e. The third kappa shape index (κ3) is 2.03. The molecule has 1 aromatic carbocycles. The summed E-state index contributed by atoms with van der Waals surface area (Å²) in [7, 11) is 0. The van der Waals surface area contributed by atoms with Crippen LogP contribution in [0.2, 0.25) is 0 Å². The lowest BCUT2D eigenvalue weighted by Gasteiger charge is -2.13. The fraction of sp³-hybridized carbons (Fsp3) is 0.471. The number of benzene rings is 1. The Bertz CT molecular complexity index is 627. The number of hydroxylamine groups is 2. The van der Waals surface area contributed by atoms with Gasteiger partial charge in [0.05, 0.1) is 17.0 Å². The van der Waals surface area contributed by atoms with Crippen LogP contribution in [0, 0.1) is 17.8 Å². The van der Waals surface area contributed by atoms with Gasteiger partial charge in [0.15, 0.2) is 0 Å². The van der Waals surface area contributed by atoms with Crippen molar-refractivity contribution in [2.24, 2.45) is 17.8 Å². The Morgan fingerprint density at radius 1 is 1.05 bits per heavy atom. The molecule has 2 aliphatic carbocycles. The number of rotatable bonds is 3. The fourth-order valence-electron chi connectivity index (χ4n) is 3.80. The van der Waals surface area contributed by atoms with E-state index in [0.717, 1.165) is 6.42 Å². The number of nitrogens with zero attached hydrogens (tertiary/aromatic N) is 1. The van der Waals surface area contributed by atoms with Crippen molar-refractivity contribution in [3.05, 3.63) is 35.4 Å². The van der Waals surface area contributed by atoms with Crippen LogP contribution in [0.25, 0.3) is 0 Å². The Kier molecular flexibility index (Phi) is 3.03. The normalized spacial score (nSPS) is 27.2. The Morgan fingerprint density at radius 2 is 1.64 bits per heavy atom. The predicted octanol–water partition coefficient (Wildman–Crippen LogP) is 2.57. The fourth-order valence-corrected chi connectivity index (χ4v) is 3.80. The van der Waals surface area contributed by atoms with Crippen LogP contribution in [0.5, 0.6) is 0 Å². The Morgan fingerprint density at radius 3 is 2.23 bits per heavy atom. The van der Waals surface area contributed by atoms with Gasteiger partial charge >= 0.3 is 5.97 Å². The number of hydrogen-bond donors (Lipinski definition) is 0. The molecular formula is C17H17NO4. The van der Waals surface area contributed by atoms with Crippen molar-refractivity contribution < 1.29 is 19.2 Å². The molecule has 0 aromatic heterocycles. The van der Waals surface area contributed by atoms with E-state index in [9.17, 15) is 14.4 Å². The van der Waals surface area contributed by atoms with Gasteiger partial charge in [0.1, 0.15) is 0 Å². The standard InChI is InChI=1S/C17H17NO4/c19-15-11-7-3-4-8-12(11)16(20)18(15)22-17(21)14-9-13(14)10-5-1-2-6-10/h3-4,7-8,10,13-14H,1-2,5-6,9H2. The zero-order valence-corrected chi connectivity index (χ0v) is 12.2. The van der Waals surface area contributed by atoms with Gasteiger partial charge in [-0.15, -0.1) is 0 Å². The molecule has 114 valence electrons. The van der Waals surface area contributed by atoms with E-state index in [0.29, 0.717) is 28.0 Å². The van der Waals surface area contributed by atoms with Crippen molar-refractivity contribution in [3.8, 4) is 0 Å². The van der Waals surface area contributed by atoms with Crippen molar-refractivity contribution in [1.29, 1.82) is 0 Å². The van der Waals surface area contributed by atoms with Gasteiger partial charge in [0.2, 0.25) is 0 Å². The van der Waals surface area contributed by atoms with E-state index < -0.39 is 17.8 Å². The third-order valence-electron chi connectivity index (χ3n) is 5.09. The molecule has 0 N–H and O–H groups in total. The van der Waals surface area contributed by atoms with Crippen molar-refractivity contribution >= 4 is 17.8 Å². The second kappa shape index (κ2) is 4.93. The monoisotopic (exact) mass is 299 g/mol. The van der Waals surface area contributed by atoms with Crippen molar-refractivity contribution in [3.63, 3.8) is 0 Å². The Hall–Kier alpha value is -2.17. The molecule has 4 rings (SSSR count). The molecule has 0 spiro atoms. The Labute approximate surface area is 128 Å². The zero-order chi connectivity index (χ0) is 15.3. The molecule has 0 bridgehead atoms. The van der Waals surface area contributed by atoms with Gasteiger partial charge in [-0.3, -0.25) is 9.59 Å². The first-order valence-corrected chi connectivity index (χ1v) is 7.86. The molecule has 3 aliphatic rings. The topological polar surface area (TPSA) is 63.7 Å². The van der Waals surface area contributed by atoms with E-state index in [1.165, 1.54) is 25.7 Å². The van der Waals surface area contributed by atoms with E-state index in [1.807, 2.05) is 0 Å². The van der Waals surface area contributed by atoms with Crippen LogP contribution in [-0.4, -0.2) is 22.8 Å². The highest BCUT2D eigenvalue weighted by Gasteiger charge is 2.51. The summed E-state index contributed by atoms with van der Waals surface area (Å²) < 4.78 is 0. The van der Waals surface area contributed by atoms with Crippen LogP contribution < -0.4 is 0 Å². The first kappa shape index (κ1) is 13.5. The smallest absolute Gasteiger partial charge is 0.329 e. The van der Waals surface area contributed by atoms with Crippen LogP contribution in [0.1, 0.15) is 52.8 Å². The average molecular weight is 299 g/mol. The van der Waals surface area contributed by atoms with Gasteiger partial charge in [-0.05, 0) is 30.4 Å². The maximum absolute atomic E-state index is 12.2. The molecule has 2 amide bonds. The molecule has 0 radical (unpaired) electrons. The summed E-state index contributed by atoms with van der Waals surface area (Å²) in [5, 5.41) is 0.622. The highest BCUT2D eigenvalue weighted by molar-refractivity contribution is 6.20. The van der Waals surface area contributed by atoms with Crippen LogP contribution >= 0.6 is 0 Å². The van der Waals surface area contributed by atoms with Crippen LogP contribution in [-0.2, 0) is 9.63 Å². The van der Waals surface area contributed by atoms with Crippen LogP contribution in [0.15, 0.2) is 24.3 Å². The second-order valence-electron chi connectivity index (χ2n) is 6.41. The number of carbonyl (C=O) groups is 3. The second-order valence-corrected chi connectivity index (χ2v) is 6.41. The largest absolute Gasteiger partial charge is 0.336 e. The summed E-state index contributed by atoms with van der Waals surface area (Å²) in [5.41, 5.74) is 0.590. The molecule has 22 heavy (non-hydrogen) atoms. The number of hydrogen-bond acceptors (Lipinski definition) is 4. The van der Waals surface area contributed by atoms with E-state index in [4.69, 9.17) is 4.84 Å². The molecule has 2 fully saturated rings. The van der Waals surface area contributed by atoms with E-state index >= 15 is 0 Å². The number of imide groups is 1. The minimum atomic E-state index is -0.549. The van der Waals surface area contributed by atoms with Crippen molar-refractivity contribution in [2.45, 2.75) is 32.1 Å². The SMILES string of the molecule is O=C(ON1C(=O)c2ccccc2C1=O)C1CC1C1CCCC1. The molecule has 2 atom stereocenters. The summed E-state index contributed by atoms with van der Waals surface area (Å²) in [6.45, 7) is 0. The maximum atomic E-state index is 12.2. The van der Waals surface area contributed by atoms with Gasteiger partial charge in [-0.1, -0.05) is 42.9 Å². The van der Waals surface area contributed by atoms with Crippen molar-refractivity contribution in [1.82, 2.24) is 5.06 Å². The molecule has 1 heterocycles. The van der Waals surface area contributed by atoms with Gasteiger partial charge in [-0.2, -0.15) is 0 Å². The highest BCUT2D eigenvalue weighted by atomic mass is 16.7. The van der Waals surface area contributed by atoms with Gasteiger partial charge < -0.3 is 4.84 Å². The van der Waals surface area contributed by atoms with Crippen molar-refractivity contribution in [2.75, 3.05) is 0 Å². The first-order valence-electron chi connectivity index (χ1n) is 7.86. The summed E-state index contributed by atoms with van der Waals surface area (Å²) in [5.74, 6) is -0.692. The zero-order valence-electron chi connectivity index (χ0n) is 12.2. The van der Waals surface area contributed by atoms with Crippen LogP contribution in [0.4, 0.5) is 0 Å². The molecule has 2 saturated carbocycles. The molecule has 2 unspecified atom stereocenters. The summed E-state index contributed by atoms with van der Waals surface area (Å²) in [6, 6.07) is 6.52. The van der Waals surface area contributed by atoms with Gasteiger partial charge in [0, 0.05) is 0 Å². The maximum Gasteiger partial charge on any atom is 0.336 e. The average Bonchev–Trinajstić information content (AvgIpc) is 3.08. The molecule has 0 saturated heterocycles. The summed E-state index contributed by atoms with van der Waals surface area (Å²) in [4.78, 5) is 41.6. The molecule has 1 aliphatic heterocycles. The highest BCUT2D eigenvalue weighted by Crippen LogP contribution is 2.50. The molecular weight excluding hydrogens is 282 g/mol. The summed E-state index contributed by atoms with van der Waals surface area (Å²) in [6.07, 6.45) is 5.66. The number of carbonyl (C=O) groups excluding carboxylic acids is 3. The third-order valence-corrected chi connectivity index (χ3v) is 5.09. The molecule has 1 aromatic rings. The molecule has 5 heteroatoms. The molecule has 5 nitrogen and oxygen atoms in total. The lowest BCUT2D eigenvalue weighted by Crippen LogP contribution is -2.33. The van der Waals surface area contributed by atoms with Crippen LogP contribution in [0.3, 0.4) is 0 Å². The Balaban J connectivity index is 1.43. The quantitative estimate of drug-likeness (QED) is 0.805.